The number of thioether (sulfide) groups is 1. The summed E-state index contributed by atoms with van der Waals surface area (Å²) in [7, 11) is 0. The number of benzene rings is 2. The van der Waals surface area contributed by atoms with Gasteiger partial charge in [0.25, 0.3) is 17.7 Å². The van der Waals surface area contributed by atoms with E-state index in [2.05, 4.69) is 0 Å². The molecule has 0 aliphatic carbocycles. The van der Waals surface area contributed by atoms with E-state index in [1.807, 2.05) is 30.3 Å². The van der Waals surface area contributed by atoms with Gasteiger partial charge in [0.1, 0.15) is 6.61 Å². The van der Waals surface area contributed by atoms with Gasteiger partial charge in [0.2, 0.25) is 4.87 Å². The largest absolute Gasteiger partial charge is 0.458 e. The number of β-lactam (4-membered cyclic amide) rings is 1. The Morgan fingerprint density at radius 2 is 1.62 bits per heavy atom. The molecule has 2 fully saturated rings. The quantitative estimate of drug-likeness (QED) is 0.435. The molecule has 3 amide bonds. The van der Waals surface area contributed by atoms with Gasteiger partial charge in [0, 0.05) is 12.3 Å². The van der Waals surface area contributed by atoms with Crippen LogP contribution in [0.2, 0.25) is 0 Å². The molecule has 7 nitrogen and oxygen atoms in total. The van der Waals surface area contributed by atoms with Crippen LogP contribution in [0.4, 0.5) is 0 Å². The van der Waals surface area contributed by atoms with Crippen molar-refractivity contribution in [2.75, 3.05) is 12.3 Å². The molecule has 8 heteroatoms. The van der Waals surface area contributed by atoms with E-state index in [9.17, 15) is 19.2 Å². The minimum absolute atomic E-state index is 0.0544. The van der Waals surface area contributed by atoms with Crippen molar-refractivity contribution in [3.63, 3.8) is 0 Å². The zero-order valence-corrected chi connectivity index (χ0v) is 16.1. The van der Waals surface area contributed by atoms with Gasteiger partial charge in [-0.25, -0.2) is 4.79 Å². The van der Waals surface area contributed by atoms with Gasteiger partial charge in [0.05, 0.1) is 11.1 Å². The molecule has 0 spiro atoms. The first-order valence-electron chi connectivity index (χ1n) is 9.19. The minimum atomic E-state index is -1.38. The second kappa shape index (κ2) is 6.45. The molecule has 0 bridgehead atoms. The predicted octanol–water partition coefficient (Wildman–Crippen LogP) is 1.68. The maximum atomic E-state index is 13.1. The first kappa shape index (κ1) is 17.9. The van der Waals surface area contributed by atoms with Gasteiger partial charge in [-0.3, -0.25) is 19.3 Å². The lowest BCUT2D eigenvalue weighted by Crippen LogP contribution is -2.79. The molecule has 0 radical (unpaired) electrons. The van der Waals surface area contributed by atoms with Crippen LogP contribution in [0, 0.1) is 0 Å². The first-order valence-corrected chi connectivity index (χ1v) is 10.2. The number of imide groups is 1. The van der Waals surface area contributed by atoms with E-state index in [1.54, 1.807) is 24.3 Å². The molecule has 0 aromatic heterocycles. The zero-order valence-electron chi connectivity index (χ0n) is 15.2. The molecule has 146 valence electrons. The summed E-state index contributed by atoms with van der Waals surface area (Å²) < 4.78 is 5.52. The van der Waals surface area contributed by atoms with Crippen molar-refractivity contribution < 1.29 is 23.9 Å². The van der Waals surface area contributed by atoms with Gasteiger partial charge in [-0.2, -0.15) is 0 Å². The second-order valence-corrected chi connectivity index (χ2v) is 8.34. The van der Waals surface area contributed by atoms with Crippen molar-refractivity contribution in [2.24, 2.45) is 0 Å². The molecular formula is C21H16N2O5S. The van der Waals surface area contributed by atoms with Crippen LogP contribution in [0.3, 0.4) is 0 Å². The van der Waals surface area contributed by atoms with E-state index in [4.69, 9.17) is 4.74 Å². The lowest BCUT2D eigenvalue weighted by Gasteiger charge is -2.52. The Hall–Kier alpha value is -3.13. The molecule has 3 aliphatic rings. The summed E-state index contributed by atoms with van der Waals surface area (Å²) in [5.41, 5.74) is 1.31. The van der Waals surface area contributed by atoms with Crippen LogP contribution < -0.4 is 0 Å². The number of carbonyl (C=O) groups is 4. The van der Waals surface area contributed by atoms with Crippen molar-refractivity contribution in [3.05, 3.63) is 71.3 Å². The number of hydrogen-bond donors (Lipinski definition) is 0. The Kier molecular flexibility index (Phi) is 3.99. The summed E-state index contributed by atoms with van der Waals surface area (Å²) >= 11 is 1.25. The average molecular weight is 408 g/mol. The van der Waals surface area contributed by atoms with Crippen LogP contribution in [-0.4, -0.2) is 56.7 Å². The third-order valence-corrected chi connectivity index (χ3v) is 6.93. The van der Waals surface area contributed by atoms with E-state index < -0.39 is 34.6 Å². The molecule has 2 atom stereocenters. The lowest BCUT2D eigenvalue weighted by atomic mass is 9.92. The summed E-state index contributed by atoms with van der Waals surface area (Å²) in [6.07, 6.45) is 0. The summed E-state index contributed by atoms with van der Waals surface area (Å²) in [6.45, 7) is 0.433. The van der Waals surface area contributed by atoms with Crippen LogP contribution in [0.25, 0.3) is 0 Å². The third-order valence-electron chi connectivity index (χ3n) is 5.50. The summed E-state index contributed by atoms with van der Waals surface area (Å²) in [4.78, 5) is 52.7. The van der Waals surface area contributed by atoms with Crippen molar-refractivity contribution in [1.82, 2.24) is 9.80 Å². The number of rotatable bonds is 4. The Bertz CT molecular complexity index is 1020. The Morgan fingerprint density at radius 3 is 2.28 bits per heavy atom. The fourth-order valence-corrected chi connectivity index (χ4v) is 5.58. The standard InChI is InChI=1S/C21H16N2O5S/c24-17-14-8-4-5-9-15(14)18(25)23(17)16-19(26)22-10-11-29-21(16,22)20(27)28-12-13-6-2-1-3-7-13/h1-9,16H,10-12H2/t16-,21+/m0/s1. The van der Waals surface area contributed by atoms with Crippen molar-refractivity contribution >= 4 is 35.5 Å². The van der Waals surface area contributed by atoms with E-state index in [0.717, 1.165) is 10.5 Å². The maximum absolute atomic E-state index is 13.1. The number of amides is 3. The zero-order chi connectivity index (χ0) is 20.2. The highest BCUT2D eigenvalue weighted by Gasteiger charge is 2.73. The van der Waals surface area contributed by atoms with Crippen LogP contribution in [-0.2, 0) is 20.9 Å². The number of esters is 1. The van der Waals surface area contributed by atoms with Crippen LogP contribution in [0.15, 0.2) is 54.6 Å². The molecule has 5 rings (SSSR count). The number of hydrogen-bond acceptors (Lipinski definition) is 6. The third kappa shape index (κ3) is 2.38. The maximum Gasteiger partial charge on any atom is 0.345 e. The molecular weight excluding hydrogens is 392 g/mol. The van der Waals surface area contributed by atoms with E-state index in [0.29, 0.717) is 12.3 Å². The van der Waals surface area contributed by atoms with Gasteiger partial charge in [-0.15, -0.1) is 11.8 Å². The SMILES string of the molecule is O=C1c2ccccc2C(=O)N1[C@H]1C(=O)N2CCS[C@@]12C(=O)OCc1ccccc1. The summed E-state index contributed by atoms with van der Waals surface area (Å²) in [6, 6.07) is 14.5. The van der Waals surface area contributed by atoms with Crippen LogP contribution >= 0.6 is 11.8 Å². The van der Waals surface area contributed by atoms with E-state index >= 15 is 0 Å². The van der Waals surface area contributed by atoms with Gasteiger partial charge in [0.15, 0.2) is 6.04 Å². The predicted molar refractivity (Wildman–Crippen MR) is 104 cm³/mol. The highest BCUT2D eigenvalue weighted by atomic mass is 32.2. The van der Waals surface area contributed by atoms with Crippen LogP contribution in [0.1, 0.15) is 26.3 Å². The number of carbonyl (C=O) groups excluding carboxylic acids is 4. The topological polar surface area (TPSA) is 84.0 Å². The number of nitrogens with zero attached hydrogens (tertiary/aromatic N) is 2. The second-order valence-electron chi connectivity index (χ2n) is 7.02. The molecule has 0 N–H and O–H groups in total. The molecule has 2 aromatic rings. The summed E-state index contributed by atoms with van der Waals surface area (Å²) in [5, 5.41) is 0. The molecule has 3 heterocycles. The van der Waals surface area contributed by atoms with Gasteiger partial charge in [-0.05, 0) is 17.7 Å². The Labute approximate surface area is 170 Å². The van der Waals surface area contributed by atoms with Crippen LogP contribution in [0.5, 0.6) is 0 Å². The van der Waals surface area contributed by atoms with Crippen molar-refractivity contribution in [1.29, 1.82) is 0 Å². The Balaban J connectivity index is 1.45. The Morgan fingerprint density at radius 1 is 1.00 bits per heavy atom. The fourth-order valence-electron chi connectivity index (χ4n) is 4.12. The molecule has 2 aromatic carbocycles. The summed E-state index contributed by atoms with van der Waals surface area (Å²) in [5.74, 6) is -1.57. The fraction of sp³-hybridized carbons (Fsp3) is 0.238. The van der Waals surface area contributed by atoms with Crippen molar-refractivity contribution in [2.45, 2.75) is 17.5 Å². The van der Waals surface area contributed by atoms with E-state index in [1.165, 1.54) is 16.7 Å². The number of ether oxygens (including phenoxy) is 1. The normalized spacial score (nSPS) is 25.0. The van der Waals surface area contributed by atoms with Gasteiger partial charge in [-0.1, -0.05) is 42.5 Å². The van der Waals surface area contributed by atoms with E-state index in [-0.39, 0.29) is 17.7 Å². The first-order chi connectivity index (χ1) is 14.1. The average Bonchev–Trinajstić information content (AvgIpc) is 3.26. The minimum Gasteiger partial charge on any atom is -0.458 e. The van der Waals surface area contributed by atoms with Crippen molar-refractivity contribution in [3.8, 4) is 0 Å². The molecule has 2 saturated heterocycles. The molecule has 0 unspecified atom stereocenters. The lowest BCUT2D eigenvalue weighted by molar-refractivity contribution is -0.176. The van der Waals surface area contributed by atoms with Gasteiger partial charge >= 0.3 is 5.97 Å². The monoisotopic (exact) mass is 408 g/mol. The highest BCUT2D eigenvalue weighted by Crippen LogP contribution is 2.51. The number of fused-ring (bicyclic) bond motifs is 2. The highest BCUT2D eigenvalue weighted by molar-refractivity contribution is 8.01. The molecule has 0 saturated carbocycles. The molecule has 29 heavy (non-hydrogen) atoms. The smallest absolute Gasteiger partial charge is 0.345 e. The van der Waals surface area contributed by atoms with Gasteiger partial charge < -0.3 is 9.64 Å². The molecule has 3 aliphatic heterocycles.